The van der Waals surface area contributed by atoms with Crippen LogP contribution in [-0.4, -0.2) is 36.5 Å². The highest BCUT2D eigenvalue weighted by Gasteiger charge is 2.25. The zero-order valence-corrected chi connectivity index (χ0v) is 11.0. The van der Waals surface area contributed by atoms with Crippen LogP contribution in [0, 0.1) is 5.92 Å². The molecule has 1 aliphatic heterocycles. The molecule has 0 aromatic carbocycles. The Bertz CT molecular complexity index is 295. The molecule has 0 atom stereocenters. The molecule has 0 aromatic rings. The molecule has 0 unspecified atom stereocenters. The monoisotopic (exact) mass is 236 g/mol. The van der Waals surface area contributed by atoms with Crippen LogP contribution in [0.25, 0.3) is 0 Å². The minimum atomic E-state index is 0.186. The summed E-state index contributed by atoms with van der Waals surface area (Å²) in [7, 11) is 0. The van der Waals surface area contributed by atoms with Crippen LogP contribution in [0.4, 0.5) is 0 Å². The highest BCUT2D eigenvalue weighted by atomic mass is 16.2. The predicted octanol–water partition coefficient (Wildman–Crippen LogP) is 1.94. The van der Waals surface area contributed by atoms with Gasteiger partial charge in [0.25, 0.3) is 0 Å². The lowest BCUT2D eigenvalue weighted by Gasteiger charge is -2.32. The minimum Gasteiger partial charge on any atom is -0.339 e. The zero-order valence-electron chi connectivity index (χ0n) is 11.0. The van der Waals surface area contributed by atoms with E-state index in [9.17, 15) is 4.79 Å². The Balaban J connectivity index is 1.69. The van der Waals surface area contributed by atoms with Crippen LogP contribution in [0.2, 0.25) is 0 Å². The van der Waals surface area contributed by atoms with E-state index in [0.29, 0.717) is 6.04 Å². The second-order valence-electron chi connectivity index (χ2n) is 5.67. The Morgan fingerprint density at radius 2 is 1.88 bits per heavy atom. The number of nitrogens with zero attached hydrogens (tertiary/aromatic N) is 1. The maximum atomic E-state index is 11.8. The van der Waals surface area contributed by atoms with Crippen LogP contribution in [0.1, 0.15) is 39.5 Å². The van der Waals surface area contributed by atoms with E-state index in [4.69, 9.17) is 0 Å². The molecule has 1 saturated heterocycles. The molecule has 3 nitrogen and oxygen atoms in total. The van der Waals surface area contributed by atoms with E-state index in [0.717, 1.165) is 37.4 Å². The lowest BCUT2D eigenvalue weighted by molar-refractivity contribution is -0.127. The first kappa shape index (κ1) is 12.6. The first-order valence-electron chi connectivity index (χ1n) is 6.82. The van der Waals surface area contributed by atoms with Gasteiger partial charge in [-0.2, -0.15) is 0 Å². The molecule has 0 bridgehead atoms. The maximum Gasteiger partial charge on any atom is 0.246 e. The summed E-state index contributed by atoms with van der Waals surface area (Å²) in [5.74, 6) is 1.13. The van der Waals surface area contributed by atoms with E-state index in [-0.39, 0.29) is 5.91 Å². The Morgan fingerprint density at radius 3 is 2.41 bits per heavy atom. The predicted molar refractivity (Wildman–Crippen MR) is 69.8 cm³/mol. The van der Waals surface area contributed by atoms with Crippen molar-refractivity contribution in [3.05, 3.63) is 11.6 Å². The van der Waals surface area contributed by atoms with Crippen molar-refractivity contribution in [1.29, 1.82) is 0 Å². The standard InChI is InChI=1S/C14H24N2O/c1-11(2)9-14(17)16-7-5-13(6-8-16)15-10-12-3-4-12/h9,12-13,15H,3-8,10H2,1-2H3. The Hall–Kier alpha value is -0.830. The summed E-state index contributed by atoms with van der Waals surface area (Å²) in [6, 6.07) is 0.631. The van der Waals surface area contributed by atoms with Crippen molar-refractivity contribution in [3.63, 3.8) is 0 Å². The average molecular weight is 236 g/mol. The SMILES string of the molecule is CC(C)=CC(=O)N1CCC(NCC2CC2)CC1. The highest BCUT2D eigenvalue weighted by molar-refractivity contribution is 5.88. The first-order chi connectivity index (χ1) is 8.15. The van der Waals surface area contributed by atoms with Gasteiger partial charge in [-0.15, -0.1) is 0 Å². The molecular weight excluding hydrogens is 212 g/mol. The topological polar surface area (TPSA) is 32.3 Å². The van der Waals surface area contributed by atoms with Crippen molar-refractivity contribution in [2.75, 3.05) is 19.6 Å². The summed E-state index contributed by atoms with van der Waals surface area (Å²) in [6.07, 6.45) is 6.78. The van der Waals surface area contributed by atoms with Crippen molar-refractivity contribution in [2.45, 2.75) is 45.6 Å². The summed E-state index contributed by atoms with van der Waals surface area (Å²) in [6.45, 7) is 6.95. The van der Waals surface area contributed by atoms with Gasteiger partial charge in [0.05, 0.1) is 0 Å². The maximum absolute atomic E-state index is 11.8. The number of hydrogen-bond donors (Lipinski definition) is 1. The lowest BCUT2D eigenvalue weighted by atomic mass is 10.0. The third-order valence-corrected chi connectivity index (χ3v) is 3.61. The van der Waals surface area contributed by atoms with Gasteiger partial charge >= 0.3 is 0 Å². The van der Waals surface area contributed by atoms with Crippen LogP contribution in [0.5, 0.6) is 0 Å². The number of carbonyl (C=O) groups excluding carboxylic acids is 1. The summed E-state index contributed by atoms with van der Waals surface area (Å²) in [5, 5.41) is 3.63. The third-order valence-electron chi connectivity index (χ3n) is 3.61. The molecule has 0 spiro atoms. The van der Waals surface area contributed by atoms with Gasteiger partial charge in [0.1, 0.15) is 0 Å². The Labute approximate surface area is 104 Å². The molecule has 3 heteroatoms. The second-order valence-corrected chi connectivity index (χ2v) is 5.67. The number of amides is 1. The van der Waals surface area contributed by atoms with Crippen LogP contribution >= 0.6 is 0 Å². The van der Waals surface area contributed by atoms with E-state index >= 15 is 0 Å². The molecule has 0 aromatic heterocycles. The van der Waals surface area contributed by atoms with Gasteiger partial charge in [0.2, 0.25) is 5.91 Å². The number of hydrogen-bond acceptors (Lipinski definition) is 2. The van der Waals surface area contributed by atoms with Gasteiger partial charge in [-0.1, -0.05) is 5.57 Å². The largest absolute Gasteiger partial charge is 0.339 e. The summed E-state index contributed by atoms with van der Waals surface area (Å²) >= 11 is 0. The van der Waals surface area contributed by atoms with E-state index in [2.05, 4.69) is 5.32 Å². The average Bonchev–Trinajstić information content (AvgIpc) is 3.10. The van der Waals surface area contributed by atoms with Gasteiger partial charge in [0.15, 0.2) is 0 Å². The number of carbonyl (C=O) groups is 1. The van der Waals surface area contributed by atoms with Crippen molar-refractivity contribution >= 4 is 5.91 Å². The van der Waals surface area contributed by atoms with Gasteiger partial charge in [-0.3, -0.25) is 4.79 Å². The first-order valence-corrected chi connectivity index (χ1v) is 6.82. The molecule has 2 aliphatic rings. The summed E-state index contributed by atoms with van der Waals surface area (Å²) in [4.78, 5) is 13.8. The van der Waals surface area contributed by atoms with Gasteiger partial charge in [-0.25, -0.2) is 0 Å². The quantitative estimate of drug-likeness (QED) is 0.757. The van der Waals surface area contributed by atoms with Crippen molar-refractivity contribution < 1.29 is 4.79 Å². The highest BCUT2D eigenvalue weighted by Crippen LogP contribution is 2.28. The third kappa shape index (κ3) is 4.15. The number of allylic oxidation sites excluding steroid dienone is 1. The van der Waals surface area contributed by atoms with Crippen LogP contribution in [-0.2, 0) is 4.79 Å². The zero-order chi connectivity index (χ0) is 12.3. The molecule has 2 fully saturated rings. The molecule has 17 heavy (non-hydrogen) atoms. The van der Waals surface area contributed by atoms with Gasteiger partial charge in [0, 0.05) is 25.2 Å². The fourth-order valence-electron chi connectivity index (χ4n) is 2.30. The molecule has 0 radical (unpaired) electrons. The van der Waals surface area contributed by atoms with E-state index < -0.39 is 0 Å². The van der Waals surface area contributed by atoms with Gasteiger partial charge in [-0.05, 0) is 52.0 Å². The second kappa shape index (κ2) is 5.67. The normalized spacial score (nSPS) is 21.4. The molecule has 1 aliphatic carbocycles. The molecule has 1 amide bonds. The molecule has 2 rings (SSSR count). The van der Waals surface area contributed by atoms with Crippen molar-refractivity contribution in [2.24, 2.45) is 5.92 Å². The van der Waals surface area contributed by atoms with Crippen LogP contribution < -0.4 is 5.32 Å². The number of rotatable bonds is 4. The molecule has 1 saturated carbocycles. The number of nitrogens with one attached hydrogen (secondary N) is 1. The number of piperidine rings is 1. The molecule has 1 heterocycles. The van der Waals surface area contributed by atoms with Crippen LogP contribution in [0.3, 0.4) is 0 Å². The van der Waals surface area contributed by atoms with E-state index in [1.807, 2.05) is 18.7 Å². The summed E-state index contributed by atoms with van der Waals surface area (Å²) < 4.78 is 0. The lowest BCUT2D eigenvalue weighted by Crippen LogP contribution is -2.44. The van der Waals surface area contributed by atoms with Gasteiger partial charge < -0.3 is 10.2 Å². The fraction of sp³-hybridized carbons (Fsp3) is 0.786. The molecule has 1 N–H and O–H groups in total. The Morgan fingerprint density at radius 1 is 1.24 bits per heavy atom. The molecule has 96 valence electrons. The van der Waals surface area contributed by atoms with Crippen LogP contribution in [0.15, 0.2) is 11.6 Å². The molecular formula is C14H24N2O. The summed E-state index contributed by atoms with van der Waals surface area (Å²) in [5.41, 5.74) is 1.09. The van der Waals surface area contributed by atoms with Crippen molar-refractivity contribution in [1.82, 2.24) is 10.2 Å². The Kier molecular flexibility index (Phi) is 4.21. The minimum absolute atomic E-state index is 0.186. The van der Waals surface area contributed by atoms with Crippen molar-refractivity contribution in [3.8, 4) is 0 Å². The van der Waals surface area contributed by atoms with E-state index in [1.165, 1.54) is 19.4 Å². The smallest absolute Gasteiger partial charge is 0.246 e. The van der Waals surface area contributed by atoms with E-state index in [1.54, 1.807) is 6.08 Å². The fourth-order valence-corrected chi connectivity index (χ4v) is 2.30. The number of likely N-dealkylation sites (tertiary alicyclic amines) is 1.